The van der Waals surface area contributed by atoms with Crippen LogP contribution in [-0.4, -0.2) is 74.7 Å². The number of aliphatic imine (C=N–C) groups is 1. The third-order valence-electron chi connectivity index (χ3n) is 5.66. The minimum atomic E-state index is -0.108. The van der Waals surface area contributed by atoms with E-state index in [4.69, 9.17) is 9.73 Å². The monoisotopic (exact) mass is 480 g/mol. The predicted molar refractivity (Wildman–Crippen MR) is 117 cm³/mol. The lowest BCUT2D eigenvalue weighted by atomic mass is 9.94. The summed E-state index contributed by atoms with van der Waals surface area (Å²) >= 11 is 0. The molecule has 0 aromatic carbocycles. The lowest BCUT2D eigenvalue weighted by molar-refractivity contribution is -0.145. The molecule has 2 rings (SSSR count). The van der Waals surface area contributed by atoms with Gasteiger partial charge in [0.25, 0.3) is 0 Å². The molecular formula is C19H37IN4O2. The van der Waals surface area contributed by atoms with Crippen molar-refractivity contribution in [2.75, 3.05) is 46.9 Å². The van der Waals surface area contributed by atoms with Gasteiger partial charge in [0, 0.05) is 32.2 Å². The Hall–Kier alpha value is -0.570. The van der Waals surface area contributed by atoms with E-state index in [1.165, 1.54) is 39.2 Å². The first-order valence-electron chi connectivity index (χ1n) is 9.88. The number of hydrogen-bond acceptors (Lipinski definition) is 4. The quantitative estimate of drug-likeness (QED) is 0.274. The molecule has 6 nitrogen and oxygen atoms in total. The lowest BCUT2D eigenvalue weighted by Gasteiger charge is -2.31. The molecule has 0 aromatic rings. The summed E-state index contributed by atoms with van der Waals surface area (Å²) in [6.07, 6.45) is 6.76. The molecule has 0 radical (unpaired) electrons. The zero-order valence-electron chi connectivity index (χ0n) is 16.9. The molecule has 0 amide bonds. The number of halogens is 1. The normalized spacial score (nSPS) is 24.5. The van der Waals surface area contributed by atoms with Crippen LogP contribution >= 0.6 is 24.0 Å². The number of nitrogens with zero attached hydrogens (tertiary/aromatic N) is 3. The van der Waals surface area contributed by atoms with Crippen molar-refractivity contribution in [3.8, 4) is 0 Å². The Morgan fingerprint density at radius 3 is 2.58 bits per heavy atom. The van der Waals surface area contributed by atoms with E-state index in [2.05, 4.69) is 36.0 Å². The molecule has 2 aliphatic rings. The molecule has 0 spiro atoms. The van der Waals surface area contributed by atoms with Crippen molar-refractivity contribution in [2.24, 2.45) is 16.8 Å². The highest BCUT2D eigenvalue weighted by molar-refractivity contribution is 14.0. The molecule has 0 aromatic heterocycles. The van der Waals surface area contributed by atoms with Crippen LogP contribution in [0.25, 0.3) is 0 Å². The van der Waals surface area contributed by atoms with E-state index < -0.39 is 0 Å². The number of carbonyl (C=O) groups excluding carboxylic acids is 1. The van der Waals surface area contributed by atoms with Crippen LogP contribution in [0.15, 0.2) is 4.99 Å². The minimum Gasteiger partial charge on any atom is -0.469 e. The van der Waals surface area contributed by atoms with Crippen molar-refractivity contribution in [3.05, 3.63) is 0 Å². The van der Waals surface area contributed by atoms with Crippen molar-refractivity contribution in [3.63, 3.8) is 0 Å². The van der Waals surface area contributed by atoms with Gasteiger partial charge in [-0.25, -0.2) is 0 Å². The molecule has 1 N–H and O–H groups in total. The van der Waals surface area contributed by atoms with Crippen molar-refractivity contribution < 1.29 is 9.53 Å². The van der Waals surface area contributed by atoms with Gasteiger partial charge in [0.2, 0.25) is 0 Å². The van der Waals surface area contributed by atoms with Gasteiger partial charge in [-0.05, 0) is 32.7 Å². The largest absolute Gasteiger partial charge is 0.469 e. The highest BCUT2D eigenvalue weighted by atomic mass is 127. The summed E-state index contributed by atoms with van der Waals surface area (Å²) < 4.78 is 4.94. The van der Waals surface area contributed by atoms with Crippen molar-refractivity contribution in [1.82, 2.24) is 15.1 Å². The maximum absolute atomic E-state index is 11.9. The van der Waals surface area contributed by atoms with Gasteiger partial charge in [-0.1, -0.05) is 26.2 Å². The first-order valence-corrected chi connectivity index (χ1v) is 9.88. The summed E-state index contributed by atoms with van der Waals surface area (Å²) in [7, 11) is 3.70. The van der Waals surface area contributed by atoms with E-state index in [1.54, 1.807) is 0 Å². The van der Waals surface area contributed by atoms with Crippen molar-refractivity contribution >= 4 is 35.9 Å². The molecule has 1 saturated heterocycles. The second kappa shape index (κ2) is 12.0. The number of ether oxygens (including phenoxy) is 1. The second-order valence-corrected chi connectivity index (χ2v) is 7.52. The van der Waals surface area contributed by atoms with E-state index in [-0.39, 0.29) is 35.9 Å². The van der Waals surface area contributed by atoms with E-state index in [9.17, 15) is 4.79 Å². The van der Waals surface area contributed by atoms with Crippen molar-refractivity contribution in [1.29, 1.82) is 0 Å². The van der Waals surface area contributed by atoms with Gasteiger partial charge in [0.1, 0.15) is 0 Å². The first kappa shape index (κ1) is 23.5. The summed E-state index contributed by atoms with van der Waals surface area (Å²) in [6, 6.07) is 0.724. The van der Waals surface area contributed by atoms with Crippen LogP contribution in [0.5, 0.6) is 0 Å². The number of likely N-dealkylation sites (N-methyl/N-ethyl adjacent to an activating group) is 1. The zero-order chi connectivity index (χ0) is 18.2. The molecule has 2 unspecified atom stereocenters. The summed E-state index contributed by atoms with van der Waals surface area (Å²) in [5.41, 5.74) is 0. The number of methoxy groups -OCH3 is 1. The molecule has 26 heavy (non-hydrogen) atoms. The number of carbonyl (C=O) groups is 1. The number of guanidine groups is 1. The van der Waals surface area contributed by atoms with Gasteiger partial charge in [-0.3, -0.25) is 9.79 Å². The van der Waals surface area contributed by atoms with Crippen LogP contribution in [-0.2, 0) is 9.53 Å². The molecule has 152 valence electrons. The summed E-state index contributed by atoms with van der Waals surface area (Å²) in [5, 5.41) is 3.38. The highest BCUT2D eigenvalue weighted by Crippen LogP contribution is 2.24. The van der Waals surface area contributed by atoms with Gasteiger partial charge in [0.15, 0.2) is 5.96 Å². The number of nitrogens with one attached hydrogen (secondary N) is 1. The lowest BCUT2D eigenvalue weighted by Crippen LogP contribution is -2.41. The van der Waals surface area contributed by atoms with Gasteiger partial charge in [-0.2, -0.15) is 0 Å². The van der Waals surface area contributed by atoms with Crippen molar-refractivity contribution in [2.45, 2.75) is 52.0 Å². The SMILES string of the molecule is CCNC(=NCCN(C)C1CCCCC1)N1CC(C)C(C(=O)OC)C1.I. The molecular weight excluding hydrogens is 443 g/mol. The standard InChI is InChI=1S/C19H36N4O2.HI/c1-5-20-19(23-13-15(2)17(14-23)18(24)25-4)21-11-12-22(3)16-9-7-6-8-10-16;/h15-17H,5-14H2,1-4H3,(H,20,21);1H. The molecule has 1 aliphatic heterocycles. The summed E-state index contributed by atoms with van der Waals surface area (Å²) in [6.45, 7) is 8.36. The fraction of sp³-hybridized carbons (Fsp3) is 0.895. The molecule has 2 fully saturated rings. The Morgan fingerprint density at radius 2 is 1.96 bits per heavy atom. The third-order valence-corrected chi connectivity index (χ3v) is 5.66. The zero-order valence-corrected chi connectivity index (χ0v) is 19.2. The molecule has 0 bridgehead atoms. The van der Waals surface area contributed by atoms with Gasteiger partial charge >= 0.3 is 5.97 Å². The second-order valence-electron chi connectivity index (χ2n) is 7.52. The number of hydrogen-bond donors (Lipinski definition) is 1. The summed E-state index contributed by atoms with van der Waals surface area (Å²) in [4.78, 5) is 21.4. The Labute approximate surface area is 176 Å². The topological polar surface area (TPSA) is 57.2 Å². The molecule has 2 atom stereocenters. The first-order chi connectivity index (χ1) is 12.1. The number of rotatable bonds is 6. The Balaban J connectivity index is 0.00000338. The molecule has 7 heteroatoms. The maximum atomic E-state index is 11.9. The van der Waals surface area contributed by atoms with Gasteiger partial charge < -0.3 is 19.9 Å². The fourth-order valence-electron chi connectivity index (χ4n) is 4.04. The van der Waals surface area contributed by atoms with E-state index >= 15 is 0 Å². The highest BCUT2D eigenvalue weighted by Gasteiger charge is 2.36. The minimum absolute atomic E-state index is 0. The van der Waals surface area contributed by atoms with Crippen LogP contribution in [0.3, 0.4) is 0 Å². The fourth-order valence-corrected chi connectivity index (χ4v) is 4.04. The Kier molecular flexibility index (Phi) is 10.8. The Morgan fingerprint density at radius 1 is 1.27 bits per heavy atom. The van der Waals surface area contributed by atoms with Crippen LogP contribution in [0.2, 0.25) is 0 Å². The maximum Gasteiger partial charge on any atom is 0.310 e. The number of esters is 1. The van der Waals surface area contributed by atoms with Crippen LogP contribution in [0.1, 0.15) is 46.0 Å². The summed E-state index contributed by atoms with van der Waals surface area (Å²) in [5.74, 6) is 1.06. The molecule has 1 heterocycles. The van der Waals surface area contributed by atoms with Gasteiger partial charge in [-0.15, -0.1) is 24.0 Å². The molecule has 1 aliphatic carbocycles. The average Bonchev–Trinajstić information content (AvgIpc) is 3.02. The third kappa shape index (κ3) is 6.55. The van der Waals surface area contributed by atoms with E-state index in [1.807, 2.05) is 0 Å². The van der Waals surface area contributed by atoms with Crippen LogP contribution < -0.4 is 5.32 Å². The average molecular weight is 480 g/mol. The predicted octanol–water partition coefficient (Wildman–Crippen LogP) is 2.58. The smallest absolute Gasteiger partial charge is 0.310 e. The van der Waals surface area contributed by atoms with Crippen LogP contribution in [0, 0.1) is 11.8 Å². The number of likely N-dealkylation sites (tertiary alicyclic amines) is 1. The van der Waals surface area contributed by atoms with E-state index in [0.717, 1.165) is 38.2 Å². The molecule has 1 saturated carbocycles. The van der Waals surface area contributed by atoms with Gasteiger partial charge in [0.05, 0.1) is 19.6 Å². The van der Waals surface area contributed by atoms with Crippen LogP contribution in [0.4, 0.5) is 0 Å². The Bertz CT molecular complexity index is 455. The van der Waals surface area contributed by atoms with E-state index in [0.29, 0.717) is 12.5 Å².